The number of nitrogens with two attached hydrogens (primary N) is 1. The van der Waals surface area contributed by atoms with Gasteiger partial charge in [0.1, 0.15) is 5.15 Å². The average molecular weight is 215 g/mol. The van der Waals surface area contributed by atoms with Gasteiger partial charge in [0.25, 0.3) is 0 Å². The Hall–Kier alpha value is -1.13. The molecule has 1 rings (SSSR count). The number of hydrogen-bond acceptors (Lipinski definition) is 3. The Morgan fingerprint density at radius 2 is 2.43 bits per heavy atom. The highest BCUT2D eigenvalue weighted by molar-refractivity contribution is 6.30. The molecule has 3 N–H and O–H groups in total. The van der Waals surface area contributed by atoms with Crippen molar-refractivity contribution in [2.24, 2.45) is 5.73 Å². The summed E-state index contributed by atoms with van der Waals surface area (Å²) in [5, 5.41) is 8.83. The van der Waals surface area contributed by atoms with Crippen LogP contribution in [0, 0.1) is 6.92 Å². The standard InChI is InChI=1S/C9H11ClN2O2/c1-5-2-6(9(10)12-4-5)7(11)3-8(13)14/h2,4,7H,3,11H2,1H3,(H,13,14). The third kappa shape index (κ3) is 2.68. The second-order valence-electron chi connectivity index (χ2n) is 3.10. The van der Waals surface area contributed by atoms with Gasteiger partial charge < -0.3 is 10.8 Å². The van der Waals surface area contributed by atoms with Crippen molar-refractivity contribution in [3.63, 3.8) is 0 Å². The van der Waals surface area contributed by atoms with Crippen molar-refractivity contribution in [3.8, 4) is 0 Å². The van der Waals surface area contributed by atoms with Gasteiger partial charge in [0.05, 0.1) is 6.42 Å². The highest BCUT2D eigenvalue weighted by Crippen LogP contribution is 2.22. The molecular formula is C9H11ClN2O2. The van der Waals surface area contributed by atoms with Crippen LogP contribution in [0.5, 0.6) is 0 Å². The van der Waals surface area contributed by atoms with E-state index in [-0.39, 0.29) is 11.6 Å². The minimum absolute atomic E-state index is 0.148. The molecule has 0 fully saturated rings. The number of nitrogens with zero attached hydrogens (tertiary/aromatic N) is 1. The topological polar surface area (TPSA) is 76.2 Å². The van der Waals surface area contributed by atoms with Gasteiger partial charge in [-0.05, 0) is 18.6 Å². The monoisotopic (exact) mass is 214 g/mol. The number of pyridine rings is 1. The number of halogens is 1. The van der Waals surface area contributed by atoms with Crippen molar-refractivity contribution in [3.05, 3.63) is 28.5 Å². The van der Waals surface area contributed by atoms with Crippen molar-refractivity contribution in [2.45, 2.75) is 19.4 Å². The van der Waals surface area contributed by atoms with Gasteiger partial charge in [0.15, 0.2) is 0 Å². The van der Waals surface area contributed by atoms with E-state index in [9.17, 15) is 4.79 Å². The largest absolute Gasteiger partial charge is 0.481 e. The number of aryl methyl sites for hydroxylation is 1. The van der Waals surface area contributed by atoms with Gasteiger partial charge in [0.2, 0.25) is 0 Å². The van der Waals surface area contributed by atoms with E-state index in [0.717, 1.165) is 5.56 Å². The molecule has 76 valence electrons. The van der Waals surface area contributed by atoms with Crippen LogP contribution in [0.15, 0.2) is 12.3 Å². The number of aliphatic carboxylic acids is 1. The molecule has 1 atom stereocenters. The number of aromatic nitrogens is 1. The molecule has 0 saturated heterocycles. The highest BCUT2D eigenvalue weighted by Gasteiger charge is 2.14. The summed E-state index contributed by atoms with van der Waals surface area (Å²) in [4.78, 5) is 14.3. The number of rotatable bonds is 3. The molecule has 0 aliphatic heterocycles. The summed E-state index contributed by atoms with van der Waals surface area (Å²) in [6.45, 7) is 1.85. The molecule has 0 bridgehead atoms. The van der Waals surface area contributed by atoms with Crippen molar-refractivity contribution < 1.29 is 9.90 Å². The Bertz CT molecular complexity index is 355. The molecule has 0 aromatic carbocycles. The lowest BCUT2D eigenvalue weighted by molar-refractivity contribution is -0.137. The molecule has 5 heteroatoms. The van der Waals surface area contributed by atoms with E-state index in [0.29, 0.717) is 5.56 Å². The Morgan fingerprint density at radius 1 is 1.79 bits per heavy atom. The summed E-state index contributed by atoms with van der Waals surface area (Å²) in [6, 6.07) is 1.15. The first-order valence-corrected chi connectivity index (χ1v) is 4.48. The van der Waals surface area contributed by atoms with Gasteiger partial charge in [-0.25, -0.2) is 4.98 Å². The van der Waals surface area contributed by atoms with Crippen LogP contribution in [-0.4, -0.2) is 16.1 Å². The van der Waals surface area contributed by atoms with Crippen molar-refractivity contribution >= 4 is 17.6 Å². The fourth-order valence-electron chi connectivity index (χ4n) is 1.13. The number of carbonyl (C=O) groups is 1. The SMILES string of the molecule is Cc1cnc(Cl)c(C(N)CC(=O)O)c1. The lowest BCUT2D eigenvalue weighted by Crippen LogP contribution is -2.16. The summed E-state index contributed by atoms with van der Waals surface area (Å²) in [5.74, 6) is -0.949. The maximum absolute atomic E-state index is 10.4. The third-order valence-electron chi connectivity index (χ3n) is 1.80. The van der Waals surface area contributed by atoms with Crippen LogP contribution in [0.1, 0.15) is 23.6 Å². The van der Waals surface area contributed by atoms with Crippen LogP contribution in [0.4, 0.5) is 0 Å². The second-order valence-corrected chi connectivity index (χ2v) is 3.46. The van der Waals surface area contributed by atoms with Crippen LogP contribution >= 0.6 is 11.6 Å². The minimum atomic E-state index is -0.949. The zero-order chi connectivity index (χ0) is 10.7. The Labute approximate surface area is 86.7 Å². The maximum atomic E-state index is 10.4. The summed E-state index contributed by atoms with van der Waals surface area (Å²) in [6.07, 6.45) is 1.46. The molecule has 1 aromatic heterocycles. The molecule has 0 aliphatic rings. The molecule has 1 heterocycles. The average Bonchev–Trinajstić information content (AvgIpc) is 2.08. The first-order valence-electron chi connectivity index (χ1n) is 4.10. The molecule has 4 nitrogen and oxygen atoms in total. The third-order valence-corrected chi connectivity index (χ3v) is 2.11. The quantitative estimate of drug-likeness (QED) is 0.748. The summed E-state index contributed by atoms with van der Waals surface area (Å²) >= 11 is 5.79. The van der Waals surface area contributed by atoms with Gasteiger partial charge in [0, 0.05) is 17.8 Å². The molecule has 0 aliphatic carbocycles. The first-order chi connectivity index (χ1) is 6.50. The second kappa shape index (κ2) is 4.39. The molecule has 0 spiro atoms. The summed E-state index contributed by atoms with van der Waals surface area (Å²) in [5.41, 5.74) is 7.15. The van der Waals surface area contributed by atoms with E-state index < -0.39 is 12.0 Å². The van der Waals surface area contributed by atoms with Crippen LogP contribution in [0.25, 0.3) is 0 Å². The maximum Gasteiger partial charge on any atom is 0.305 e. The number of carboxylic acids is 1. The molecule has 0 radical (unpaired) electrons. The number of hydrogen-bond donors (Lipinski definition) is 2. The predicted octanol–water partition coefficient (Wildman–Crippen LogP) is 1.52. The fourth-order valence-corrected chi connectivity index (χ4v) is 1.38. The van der Waals surface area contributed by atoms with Crippen LogP contribution in [-0.2, 0) is 4.79 Å². The van der Waals surface area contributed by atoms with Crippen molar-refractivity contribution in [2.75, 3.05) is 0 Å². The van der Waals surface area contributed by atoms with E-state index in [2.05, 4.69) is 4.98 Å². The fraction of sp³-hybridized carbons (Fsp3) is 0.333. The zero-order valence-corrected chi connectivity index (χ0v) is 8.45. The number of carboxylic acid groups (broad SMARTS) is 1. The highest BCUT2D eigenvalue weighted by atomic mass is 35.5. The van der Waals surface area contributed by atoms with Gasteiger partial charge >= 0.3 is 5.97 Å². The predicted molar refractivity (Wildman–Crippen MR) is 53.2 cm³/mol. The molecular weight excluding hydrogens is 204 g/mol. The minimum Gasteiger partial charge on any atom is -0.481 e. The van der Waals surface area contributed by atoms with Crippen LogP contribution in [0.3, 0.4) is 0 Å². The van der Waals surface area contributed by atoms with Gasteiger partial charge in [-0.1, -0.05) is 11.6 Å². The van der Waals surface area contributed by atoms with E-state index in [1.54, 1.807) is 12.3 Å². The molecule has 1 unspecified atom stereocenters. The van der Waals surface area contributed by atoms with Gasteiger partial charge in [-0.3, -0.25) is 4.79 Å². The first kappa shape index (κ1) is 10.9. The molecule has 0 amide bonds. The van der Waals surface area contributed by atoms with Crippen molar-refractivity contribution in [1.82, 2.24) is 4.98 Å². The van der Waals surface area contributed by atoms with E-state index in [1.807, 2.05) is 6.92 Å². The van der Waals surface area contributed by atoms with Crippen LogP contribution in [0.2, 0.25) is 5.15 Å². The Morgan fingerprint density at radius 3 is 3.00 bits per heavy atom. The normalized spacial score (nSPS) is 12.5. The lowest BCUT2D eigenvalue weighted by Gasteiger charge is -2.11. The van der Waals surface area contributed by atoms with Crippen molar-refractivity contribution in [1.29, 1.82) is 0 Å². The van der Waals surface area contributed by atoms with Gasteiger partial charge in [-0.15, -0.1) is 0 Å². The van der Waals surface area contributed by atoms with E-state index >= 15 is 0 Å². The Balaban J connectivity index is 2.93. The zero-order valence-electron chi connectivity index (χ0n) is 7.70. The Kier molecular flexibility index (Phi) is 3.43. The smallest absolute Gasteiger partial charge is 0.305 e. The van der Waals surface area contributed by atoms with Crippen LogP contribution < -0.4 is 5.73 Å². The molecule has 14 heavy (non-hydrogen) atoms. The summed E-state index contributed by atoms with van der Waals surface area (Å²) < 4.78 is 0. The van der Waals surface area contributed by atoms with E-state index in [1.165, 1.54) is 0 Å². The molecule has 0 saturated carbocycles. The van der Waals surface area contributed by atoms with E-state index in [4.69, 9.17) is 22.4 Å². The van der Waals surface area contributed by atoms with Gasteiger partial charge in [-0.2, -0.15) is 0 Å². The summed E-state index contributed by atoms with van der Waals surface area (Å²) in [7, 11) is 0. The lowest BCUT2D eigenvalue weighted by atomic mass is 10.1. The molecule has 1 aromatic rings.